The summed E-state index contributed by atoms with van der Waals surface area (Å²) in [6, 6.07) is 11.2. The Bertz CT molecular complexity index is 1070. The average molecular weight is 442 g/mol. The highest BCUT2D eigenvalue weighted by molar-refractivity contribution is 7.22. The van der Waals surface area contributed by atoms with Crippen LogP contribution in [0.15, 0.2) is 36.4 Å². The molecule has 1 atom stereocenters. The van der Waals surface area contributed by atoms with E-state index in [9.17, 15) is 4.79 Å². The molecule has 0 spiro atoms. The second-order valence-electron chi connectivity index (χ2n) is 7.62. The average Bonchev–Trinajstić information content (AvgIpc) is 3.19. The highest BCUT2D eigenvalue weighted by atomic mass is 32.1. The van der Waals surface area contributed by atoms with Crippen molar-refractivity contribution in [3.63, 3.8) is 0 Å². The normalized spacial score (nSPS) is 17.1. The van der Waals surface area contributed by atoms with Crippen molar-refractivity contribution in [1.29, 1.82) is 0 Å². The monoisotopic (exact) mass is 441 g/mol. The van der Waals surface area contributed by atoms with Gasteiger partial charge in [-0.2, -0.15) is 0 Å². The third-order valence-electron chi connectivity index (χ3n) is 5.09. The molecule has 31 heavy (non-hydrogen) atoms. The van der Waals surface area contributed by atoms with Crippen LogP contribution in [0.3, 0.4) is 0 Å². The van der Waals surface area contributed by atoms with E-state index >= 15 is 0 Å². The van der Waals surface area contributed by atoms with Crippen molar-refractivity contribution in [3.05, 3.63) is 36.4 Å². The Morgan fingerprint density at radius 1 is 1.03 bits per heavy atom. The van der Waals surface area contributed by atoms with E-state index in [0.717, 1.165) is 10.2 Å². The minimum atomic E-state index is -0.732. The van der Waals surface area contributed by atoms with E-state index in [1.165, 1.54) is 11.3 Å². The fourth-order valence-corrected chi connectivity index (χ4v) is 4.49. The van der Waals surface area contributed by atoms with Gasteiger partial charge in [-0.25, -0.2) is 4.98 Å². The van der Waals surface area contributed by atoms with Crippen molar-refractivity contribution in [2.75, 3.05) is 51.9 Å². The molecule has 8 nitrogen and oxygen atoms in total. The minimum absolute atomic E-state index is 0.162. The molecule has 0 radical (unpaired) electrons. The second-order valence-corrected chi connectivity index (χ2v) is 8.63. The number of rotatable bonds is 5. The summed E-state index contributed by atoms with van der Waals surface area (Å²) in [7, 11) is 3.94. The predicted molar refractivity (Wildman–Crippen MR) is 118 cm³/mol. The lowest BCUT2D eigenvalue weighted by molar-refractivity contribution is -0.127. The number of aromatic nitrogens is 1. The van der Waals surface area contributed by atoms with Crippen molar-refractivity contribution in [2.24, 2.45) is 0 Å². The molecule has 3 heterocycles. The molecule has 0 N–H and O–H groups in total. The van der Waals surface area contributed by atoms with Crippen LogP contribution in [-0.2, 0) is 4.79 Å². The van der Waals surface area contributed by atoms with Crippen LogP contribution in [0.25, 0.3) is 10.2 Å². The van der Waals surface area contributed by atoms with Crippen molar-refractivity contribution < 1.29 is 23.7 Å². The molecule has 2 aromatic carbocycles. The molecule has 0 aliphatic carbocycles. The quantitative estimate of drug-likeness (QED) is 0.603. The van der Waals surface area contributed by atoms with Crippen molar-refractivity contribution in [1.82, 2.24) is 9.88 Å². The van der Waals surface area contributed by atoms with Gasteiger partial charge in [-0.3, -0.25) is 9.69 Å². The molecule has 3 aromatic rings. The Kier molecular flexibility index (Phi) is 5.29. The lowest BCUT2D eigenvalue weighted by atomic mass is 10.2. The van der Waals surface area contributed by atoms with Gasteiger partial charge in [0, 0.05) is 25.2 Å². The van der Waals surface area contributed by atoms with Crippen LogP contribution in [-0.4, -0.2) is 68.9 Å². The van der Waals surface area contributed by atoms with Crippen LogP contribution in [0.1, 0.15) is 0 Å². The summed E-state index contributed by atoms with van der Waals surface area (Å²) in [6.07, 6.45) is -0.732. The van der Waals surface area contributed by atoms with E-state index in [4.69, 9.17) is 23.9 Å². The molecule has 0 bridgehead atoms. The number of para-hydroxylation sites is 2. The smallest absolute Gasteiger partial charge is 0.273 e. The van der Waals surface area contributed by atoms with Gasteiger partial charge in [-0.15, -0.1) is 0 Å². The Balaban J connectivity index is 1.45. The Labute approximate surface area is 183 Å². The Morgan fingerprint density at radius 3 is 2.55 bits per heavy atom. The van der Waals surface area contributed by atoms with E-state index in [1.807, 2.05) is 49.3 Å². The summed E-state index contributed by atoms with van der Waals surface area (Å²) in [5.41, 5.74) is 0.776. The van der Waals surface area contributed by atoms with Crippen LogP contribution < -0.4 is 23.8 Å². The zero-order chi connectivity index (χ0) is 21.4. The molecule has 0 fully saturated rings. The summed E-state index contributed by atoms with van der Waals surface area (Å²) in [6.45, 7) is 2.38. The highest BCUT2D eigenvalue weighted by Gasteiger charge is 2.33. The zero-order valence-corrected chi connectivity index (χ0v) is 18.2. The van der Waals surface area contributed by atoms with E-state index in [-0.39, 0.29) is 12.5 Å². The number of nitrogens with zero attached hydrogens (tertiary/aromatic N) is 3. The molecule has 1 unspecified atom stereocenters. The number of ether oxygens (including phenoxy) is 4. The van der Waals surface area contributed by atoms with Crippen LogP contribution in [0.2, 0.25) is 0 Å². The maximum atomic E-state index is 13.5. The molecule has 1 amide bonds. The number of hydrogen-bond acceptors (Lipinski definition) is 8. The first-order valence-electron chi connectivity index (χ1n) is 10.1. The lowest BCUT2D eigenvalue weighted by Crippen LogP contribution is -2.48. The summed E-state index contributed by atoms with van der Waals surface area (Å²) in [4.78, 5) is 21.9. The van der Waals surface area contributed by atoms with Gasteiger partial charge in [0.1, 0.15) is 19.8 Å². The Hall–Kier alpha value is -3.04. The summed E-state index contributed by atoms with van der Waals surface area (Å²) < 4.78 is 24.0. The highest BCUT2D eigenvalue weighted by Crippen LogP contribution is 2.39. The lowest BCUT2D eigenvalue weighted by Gasteiger charge is -2.30. The van der Waals surface area contributed by atoms with E-state index in [0.29, 0.717) is 54.4 Å². The van der Waals surface area contributed by atoms with Gasteiger partial charge >= 0.3 is 0 Å². The number of carbonyl (C=O) groups is 1. The van der Waals surface area contributed by atoms with Crippen molar-refractivity contribution >= 4 is 32.6 Å². The largest absolute Gasteiger partial charge is 0.486 e. The number of benzene rings is 2. The number of likely N-dealkylation sites (N-methyl/N-ethyl adjacent to an activating group) is 1. The molecular formula is C22H23N3O5S. The number of thiazole rings is 1. The summed E-state index contributed by atoms with van der Waals surface area (Å²) in [5, 5.41) is 0.617. The Morgan fingerprint density at radius 2 is 1.77 bits per heavy atom. The molecule has 1 aromatic heterocycles. The van der Waals surface area contributed by atoms with Crippen LogP contribution in [0.5, 0.6) is 23.0 Å². The SMILES string of the molecule is CN(C)CCN(C(=O)C1COc2ccccc2O1)c1nc2cc3c(cc2s1)OCCO3. The molecule has 9 heteroatoms. The van der Waals surface area contributed by atoms with Gasteiger partial charge in [-0.1, -0.05) is 23.5 Å². The van der Waals surface area contributed by atoms with E-state index in [2.05, 4.69) is 0 Å². The third kappa shape index (κ3) is 3.98. The first-order chi connectivity index (χ1) is 15.1. The maximum absolute atomic E-state index is 13.5. The number of fused-ring (bicyclic) bond motifs is 3. The van der Waals surface area contributed by atoms with Gasteiger partial charge < -0.3 is 23.8 Å². The molecule has 0 saturated heterocycles. The fourth-order valence-electron chi connectivity index (χ4n) is 3.48. The molecule has 2 aliphatic heterocycles. The fraction of sp³-hybridized carbons (Fsp3) is 0.364. The van der Waals surface area contributed by atoms with E-state index in [1.54, 1.807) is 11.0 Å². The molecule has 5 rings (SSSR count). The second kappa shape index (κ2) is 8.24. The third-order valence-corrected chi connectivity index (χ3v) is 6.13. The summed E-state index contributed by atoms with van der Waals surface area (Å²) >= 11 is 1.45. The topological polar surface area (TPSA) is 73.4 Å². The van der Waals surface area contributed by atoms with Gasteiger partial charge in [0.25, 0.3) is 5.91 Å². The van der Waals surface area contributed by atoms with Crippen molar-refractivity contribution in [3.8, 4) is 23.0 Å². The number of carbonyl (C=O) groups excluding carboxylic acids is 1. The van der Waals surface area contributed by atoms with Gasteiger partial charge in [0.2, 0.25) is 6.10 Å². The van der Waals surface area contributed by atoms with Gasteiger partial charge in [0.15, 0.2) is 28.1 Å². The first kappa shape index (κ1) is 19.9. The molecule has 162 valence electrons. The molecular weight excluding hydrogens is 418 g/mol. The number of anilines is 1. The molecule has 2 aliphatic rings. The number of amides is 1. The van der Waals surface area contributed by atoms with Gasteiger partial charge in [0.05, 0.1) is 10.2 Å². The van der Waals surface area contributed by atoms with Crippen LogP contribution >= 0.6 is 11.3 Å². The van der Waals surface area contributed by atoms with Crippen molar-refractivity contribution in [2.45, 2.75) is 6.10 Å². The predicted octanol–water partition coefficient (Wildman–Crippen LogP) is 2.80. The number of hydrogen-bond donors (Lipinski definition) is 0. The minimum Gasteiger partial charge on any atom is -0.486 e. The molecule has 0 saturated carbocycles. The zero-order valence-electron chi connectivity index (χ0n) is 17.4. The first-order valence-corrected chi connectivity index (χ1v) is 10.9. The van der Waals surface area contributed by atoms with Crippen LogP contribution in [0.4, 0.5) is 5.13 Å². The maximum Gasteiger partial charge on any atom is 0.273 e. The van der Waals surface area contributed by atoms with E-state index < -0.39 is 6.10 Å². The summed E-state index contributed by atoms with van der Waals surface area (Å²) in [5.74, 6) is 2.44. The van der Waals surface area contributed by atoms with Gasteiger partial charge in [-0.05, 0) is 26.2 Å². The standard InChI is InChI=1S/C22H23N3O5S/c1-24(2)7-8-25(21(26)19-13-29-15-5-3-4-6-16(15)30-19)22-23-14-11-17-18(12-20(14)31-22)28-10-9-27-17/h3-6,11-12,19H,7-10,13H2,1-2H3. The van der Waals surface area contributed by atoms with Crippen LogP contribution in [0, 0.1) is 0 Å².